The molecule has 0 spiro atoms. The summed E-state index contributed by atoms with van der Waals surface area (Å²) in [6, 6.07) is 2.08. The van der Waals surface area contributed by atoms with Crippen molar-refractivity contribution in [2.45, 2.75) is 38.1 Å². The fraction of sp³-hybridized carbons (Fsp3) is 0.357. The zero-order valence-corrected chi connectivity index (χ0v) is 13.7. The summed E-state index contributed by atoms with van der Waals surface area (Å²) in [4.78, 5) is 4.29. The highest BCUT2D eigenvalue weighted by Crippen LogP contribution is 2.25. The van der Waals surface area contributed by atoms with E-state index >= 15 is 0 Å². The highest BCUT2D eigenvalue weighted by molar-refractivity contribution is 7.89. The van der Waals surface area contributed by atoms with Gasteiger partial charge < -0.3 is 0 Å². The number of aromatic nitrogens is 1. The van der Waals surface area contributed by atoms with Crippen LogP contribution in [0.15, 0.2) is 28.6 Å². The second-order valence-corrected chi connectivity index (χ2v) is 7.40. The van der Waals surface area contributed by atoms with Crippen molar-refractivity contribution in [3.63, 3.8) is 0 Å². The van der Waals surface area contributed by atoms with Gasteiger partial charge in [-0.05, 0) is 43.5 Å². The van der Waals surface area contributed by atoms with Crippen LogP contribution in [0.1, 0.15) is 35.5 Å². The predicted molar refractivity (Wildman–Crippen MR) is 81.3 cm³/mol. The van der Waals surface area contributed by atoms with E-state index in [0.29, 0.717) is 17.5 Å². The Morgan fingerprint density at radius 3 is 2.43 bits per heavy atom. The van der Waals surface area contributed by atoms with Gasteiger partial charge in [0.2, 0.25) is 10.0 Å². The first kappa shape index (κ1) is 16.1. The molecule has 0 amide bonds. The molecule has 0 fully saturated rings. The van der Waals surface area contributed by atoms with Crippen LogP contribution < -0.4 is 4.72 Å². The summed E-state index contributed by atoms with van der Waals surface area (Å²) < 4.78 is 41.2. The Labute approximate surface area is 128 Å². The maximum atomic E-state index is 13.3. The van der Waals surface area contributed by atoms with Gasteiger partial charge in [0.1, 0.15) is 10.8 Å². The third-order valence-electron chi connectivity index (χ3n) is 3.15. The van der Waals surface area contributed by atoms with Crippen LogP contribution in [0.4, 0.5) is 4.39 Å². The number of sulfonamides is 1. The van der Waals surface area contributed by atoms with Crippen molar-refractivity contribution < 1.29 is 12.8 Å². The molecule has 114 valence electrons. The Kier molecular flexibility index (Phi) is 4.75. The van der Waals surface area contributed by atoms with Crippen LogP contribution in [0.5, 0.6) is 0 Å². The predicted octanol–water partition coefficient (Wildman–Crippen LogP) is 3.33. The van der Waals surface area contributed by atoms with Gasteiger partial charge in [0.15, 0.2) is 0 Å². The topological polar surface area (TPSA) is 59.1 Å². The summed E-state index contributed by atoms with van der Waals surface area (Å²) >= 11 is 1.40. The van der Waals surface area contributed by atoms with Gasteiger partial charge in [-0.15, -0.1) is 11.3 Å². The Morgan fingerprint density at radius 2 is 1.95 bits per heavy atom. The summed E-state index contributed by atoms with van der Waals surface area (Å²) in [5.41, 5.74) is 0.794. The number of nitrogens with zero attached hydrogens (tertiary/aromatic N) is 1. The number of nitrogens with one attached hydrogen (secondary N) is 1. The molecule has 1 atom stereocenters. The van der Waals surface area contributed by atoms with Crippen molar-refractivity contribution in [1.82, 2.24) is 9.71 Å². The Hall–Kier alpha value is -1.31. The van der Waals surface area contributed by atoms with E-state index in [0.717, 1.165) is 5.01 Å². The molecule has 0 saturated heterocycles. The lowest BCUT2D eigenvalue weighted by Crippen LogP contribution is -2.29. The lowest BCUT2D eigenvalue weighted by Gasteiger charge is -2.17. The third-order valence-corrected chi connectivity index (χ3v) is 5.81. The monoisotopic (exact) mass is 328 g/mol. The molecule has 1 aromatic carbocycles. The van der Waals surface area contributed by atoms with Crippen molar-refractivity contribution >= 4 is 21.4 Å². The van der Waals surface area contributed by atoms with E-state index in [1.807, 2.05) is 6.92 Å². The molecular formula is C14H17FN2O2S2. The molecule has 7 heteroatoms. The lowest BCUT2D eigenvalue weighted by molar-refractivity contribution is 0.547. The Bertz CT molecular complexity index is 704. The van der Waals surface area contributed by atoms with Gasteiger partial charge in [-0.2, -0.15) is 0 Å². The molecule has 0 radical (unpaired) electrons. The third kappa shape index (κ3) is 3.48. The smallest absolute Gasteiger partial charge is 0.241 e. The molecule has 1 unspecified atom stereocenters. The molecule has 1 aromatic heterocycles. The fourth-order valence-electron chi connectivity index (χ4n) is 2.28. The summed E-state index contributed by atoms with van der Waals surface area (Å²) in [5.74, 6) is -0.434. The van der Waals surface area contributed by atoms with Crippen molar-refractivity contribution in [3.05, 3.63) is 45.7 Å². The van der Waals surface area contributed by atoms with Gasteiger partial charge in [0, 0.05) is 11.6 Å². The van der Waals surface area contributed by atoms with Crippen LogP contribution in [0.2, 0.25) is 0 Å². The standard InChI is InChI=1S/C14H17FN2O2S2/c1-4-12(14-16-5-6-20-14)17-21(18,19)13-9(2)7-11(15)8-10(13)3/h5-8,12,17H,4H2,1-3H3. The molecule has 2 aromatic rings. The number of aryl methyl sites for hydroxylation is 2. The normalized spacial score (nSPS) is 13.3. The van der Waals surface area contributed by atoms with E-state index in [-0.39, 0.29) is 10.9 Å². The average molecular weight is 328 g/mol. The van der Waals surface area contributed by atoms with Crippen LogP contribution in [-0.2, 0) is 10.0 Å². The maximum Gasteiger partial charge on any atom is 0.241 e. The number of thiazole rings is 1. The van der Waals surface area contributed by atoms with Gasteiger partial charge in [0.05, 0.1) is 10.9 Å². The highest BCUT2D eigenvalue weighted by Gasteiger charge is 2.25. The summed E-state index contributed by atoms with van der Waals surface area (Å²) in [6.45, 7) is 5.07. The molecule has 2 rings (SSSR count). The van der Waals surface area contributed by atoms with Gasteiger partial charge in [-0.3, -0.25) is 0 Å². The quantitative estimate of drug-likeness (QED) is 0.916. The van der Waals surface area contributed by atoms with Gasteiger partial charge in [0.25, 0.3) is 0 Å². The van der Waals surface area contributed by atoms with Crippen molar-refractivity contribution in [3.8, 4) is 0 Å². The molecule has 1 N–H and O–H groups in total. The van der Waals surface area contributed by atoms with Crippen LogP contribution in [0.3, 0.4) is 0 Å². The fourth-order valence-corrected chi connectivity index (χ4v) is 4.87. The maximum absolute atomic E-state index is 13.3. The number of halogens is 1. The molecule has 4 nitrogen and oxygen atoms in total. The first-order valence-electron chi connectivity index (χ1n) is 6.53. The second kappa shape index (κ2) is 6.21. The molecule has 0 saturated carbocycles. The zero-order valence-electron chi connectivity index (χ0n) is 12.1. The van der Waals surface area contributed by atoms with Gasteiger partial charge in [-0.1, -0.05) is 6.92 Å². The molecule has 1 heterocycles. The second-order valence-electron chi connectivity index (χ2n) is 4.82. The Morgan fingerprint density at radius 1 is 1.33 bits per heavy atom. The van der Waals surface area contributed by atoms with E-state index in [9.17, 15) is 12.8 Å². The molecule has 21 heavy (non-hydrogen) atoms. The van der Waals surface area contributed by atoms with Crippen molar-refractivity contribution in [1.29, 1.82) is 0 Å². The first-order valence-corrected chi connectivity index (χ1v) is 8.90. The number of benzene rings is 1. The van der Waals surface area contributed by atoms with E-state index in [1.165, 1.54) is 23.5 Å². The number of hydrogen-bond acceptors (Lipinski definition) is 4. The average Bonchev–Trinajstić information content (AvgIpc) is 2.87. The molecule has 0 aliphatic heterocycles. The number of rotatable bonds is 5. The van der Waals surface area contributed by atoms with Gasteiger partial charge in [-0.25, -0.2) is 22.5 Å². The minimum atomic E-state index is -3.73. The van der Waals surface area contributed by atoms with E-state index in [2.05, 4.69) is 9.71 Å². The molecule has 0 aliphatic carbocycles. The summed E-state index contributed by atoms with van der Waals surface area (Å²) in [5, 5.41) is 2.53. The Balaban J connectivity index is 2.39. The van der Waals surface area contributed by atoms with E-state index in [1.54, 1.807) is 25.4 Å². The van der Waals surface area contributed by atoms with Crippen LogP contribution in [0, 0.1) is 19.7 Å². The largest absolute Gasteiger partial charge is 0.248 e. The minimum absolute atomic E-state index is 0.138. The molecule has 0 aliphatic rings. The van der Waals surface area contributed by atoms with Gasteiger partial charge >= 0.3 is 0 Å². The van der Waals surface area contributed by atoms with E-state index in [4.69, 9.17) is 0 Å². The van der Waals surface area contributed by atoms with Crippen LogP contribution >= 0.6 is 11.3 Å². The molecular weight excluding hydrogens is 311 g/mol. The SMILES string of the molecule is CCC(NS(=O)(=O)c1c(C)cc(F)cc1C)c1nccs1. The zero-order chi connectivity index (χ0) is 15.6. The summed E-state index contributed by atoms with van der Waals surface area (Å²) in [6.07, 6.45) is 2.23. The minimum Gasteiger partial charge on any atom is -0.248 e. The molecule has 0 bridgehead atoms. The first-order chi connectivity index (χ1) is 9.85. The highest BCUT2D eigenvalue weighted by atomic mass is 32.2. The summed E-state index contributed by atoms with van der Waals surface area (Å²) in [7, 11) is -3.73. The van der Waals surface area contributed by atoms with Crippen LogP contribution in [-0.4, -0.2) is 13.4 Å². The number of hydrogen-bond donors (Lipinski definition) is 1. The van der Waals surface area contributed by atoms with Crippen LogP contribution in [0.25, 0.3) is 0 Å². The van der Waals surface area contributed by atoms with E-state index < -0.39 is 15.8 Å². The lowest BCUT2D eigenvalue weighted by atomic mass is 10.1. The van der Waals surface area contributed by atoms with Crippen molar-refractivity contribution in [2.24, 2.45) is 0 Å². The van der Waals surface area contributed by atoms with Crippen molar-refractivity contribution in [2.75, 3.05) is 0 Å².